The molecule has 3 aromatic rings. The summed E-state index contributed by atoms with van der Waals surface area (Å²) in [5, 5.41) is 5.08. The highest BCUT2D eigenvalue weighted by Crippen LogP contribution is 2.28. The van der Waals surface area contributed by atoms with Crippen LogP contribution < -0.4 is 15.0 Å². The molecule has 1 N–H and O–H groups in total. The lowest BCUT2D eigenvalue weighted by atomic mass is 10.1. The van der Waals surface area contributed by atoms with Crippen LogP contribution in [0.5, 0.6) is 5.75 Å². The number of ether oxygens (including phenoxy) is 1. The monoisotopic (exact) mass is 410 g/mol. The van der Waals surface area contributed by atoms with Crippen LogP contribution in [-0.4, -0.2) is 19.6 Å². The van der Waals surface area contributed by atoms with Crippen LogP contribution >= 0.6 is 11.3 Å². The maximum atomic E-state index is 13.7. The Morgan fingerprint density at radius 2 is 2.03 bits per heavy atom. The number of methoxy groups -OCH3 is 1. The van der Waals surface area contributed by atoms with E-state index < -0.39 is 5.82 Å². The molecule has 0 saturated carbocycles. The number of carbonyl (C=O) groups excluding carboxylic acids is 1. The lowest BCUT2D eigenvalue weighted by Gasteiger charge is -2.29. The number of rotatable bonds is 6. The number of carbonyl (C=O) groups is 1. The SMILES string of the molecule is COc1ccc(CCC(=O)Nc2ccc(N3CCc4sccc4C3)cc2)cc1F. The van der Waals surface area contributed by atoms with Gasteiger partial charge < -0.3 is 15.0 Å². The number of fused-ring (bicyclic) bond motifs is 1. The molecule has 4 rings (SSSR count). The highest BCUT2D eigenvalue weighted by Gasteiger charge is 2.17. The van der Waals surface area contributed by atoms with E-state index >= 15 is 0 Å². The Morgan fingerprint density at radius 1 is 1.21 bits per heavy atom. The highest BCUT2D eigenvalue weighted by molar-refractivity contribution is 7.10. The minimum absolute atomic E-state index is 0.0881. The van der Waals surface area contributed by atoms with Gasteiger partial charge in [0.2, 0.25) is 5.91 Å². The molecule has 1 amide bonds. The van der Waals surface area contributed by atoms with E-state index in [2.05, 4.69) is 21.7 Å². The molecule has 2 heterocycles. The van der Waals surface area contributed by atoms with E-state index in [9.17, 15) is 9.18 Å². The predicted octanol–water partition coefficient (Wildman–Crippen LogP) is 5.03. The van der Waals surface area contributed by atoms with Crippen LogP contribution in [-0.2, 0) is 24.2 Å². The van der Waals surface area contributed by atoms with E-state index in [0.717, 1.165) is 36.4 Å². The summed E-state index contributed by atoms with van der Waals surface area (Å²) < 4.78 is 18.7. The second-order valence-electron chi connectivity index (χ2n) is 7.10. The van der Waals surface area contributed by atoms with Gasteiger partial charge in [-0.15, -0.1) is 11.3 Å². The molecule has 0 saturated heterocycles. The Kier molecular flexibility index (Phi) is 5.81. The lowest BCUT2D eigenvalue weighted by molar-refractivity contribution is -0.116. The molecule has 29 heavy (non-hydrogen) atoms. The van der Waals surface area contributed by atoms with Gasteiger partial charge in [0.15, 0.2) is 11.6 Å². The fourth-order valence-corrected chi connectivity index (χ4v) is 4.46. The summed E-state index contributed by atoms with van der Waals surface area (Å²) in [6.07, 6.45) is 1.85. The van der Waals surface area contributed by atoms with Crippen LogP contribution in [0.2, 0.25) is 0 Å². The van der Waals surface area contributed by atoms with Gasteiger partial charge in [0.05, 0.1) is 7.11 Å². The molecule has 1 aliphatic heterocycles. The van der Waals surface area contributed by atoms with E-state index in [0.29, 0.717) is 12.8 Å². The predicted molar refractivity (Wildman–Crippen MR) is 115 cm³/mol. The number of benzene rings is 2. The zero-order valence-corrected chi connectivity index (χ0v) is 17.1. The van der Waals surface area contributed by atoms with Crippen molar-refractivity contribution in [1.29, 1.82) is 0 Å². The van der Waals surface area contributed by atoms with Gasteiger partial charge in [-0.25, -0.2) is 4.39 Å². The zero-order chi connectivity index (χ0) is 20.2. The molecule has 0 bridgehead atoms. The smallest absolute Gasteiger partial charge is 0.224 e. The number of nitrogens with one attached hydrogen (secondary N) is 1. The average molecular weight is 411 g/mol. The minimum atomic E-state index is -0.409. The quantitative estimate of drug-likeness (QED) is 0.620. The second kappa shape index (κ2) is 8.66. The molecule has 0 aliphatic carbocycles. The standard InChI is InChI=1S/C23H23FN2O2S/c1-28-21-8-2-16(14-20(21)24)3-9-23(27)25-18-4-6-19(7-5-18)26-12-10-22-17(15-26)11-13-29-22/h2,4-8,11,13-14H,3,9-10,12,15H2,1H3,(H,25,27). The normalized spacial score (nSPS) is 13.1. The molecular formula is C23H23FN2O2S. The molecule has 1 aliphatic rings. The van der Waals surface area contributed by atoms with Crippen molar-refractivity contribution in [3.63, 3.8) is 0 Å². The van der Waals surface area contributed by atoms with Crippen molar-refractivity contribution in [3.05, 3.63) is 75.7 Å². The average Bonchev–Trinajstić information content (AvgIpc) is 3.21. The summed E-state index contributed by atoms with van der Waals surface area (Å²) in [7, 11) is 1.43. The molecule has 2 aromatic carbocycles. The number of halogens is 1. The lowest BCUT2D eigenvalue weighted by Crippen LogP contribution is -2.29. The topological polar surface area (TPSA) is 41.6 Å². The largest absolute Gasteiger partial charge is 0.494 e. The third-order valence-electron chi connectivity index (χ3n) is 5.18. The zero-order valence-electron chi connectivity index (χ0n) is 16.3. The Morgan fingerprint density at radius 3 is 2.79 bits per heavy atom. The van der Waals surface area contributed by atoms with Crippen molar-refractivity contribution in [3.8, 4) is 5.75 Å². The second-order valence-corrected chi connectivity index (χ2v) is 8.11. The van der Waals surface area contributed by atoms with Crippen molar-refractivity contribution in [2.75, 3.05) is 23.9 Å². The molecule has 0 radical (unpaired) electrons. The van der Waals surface area contributed by atoms with Gasteiger partial charge in [-0.1, -0.05) is 6.07 Å². The number of thiophene rings is 1. The van der Waals surface area contributed by atoms with Crippen LogP contribution in [0.25, 0.3) is 0 Å². The van der Waals surface area contributed by atoms with E-state index in [1.807, 2.05) is 35.6 Å². The minimum Gasteiger partial charge on any atom is -0.494 e. The first-order chi connectivity index (χ1) is 14.1. The number of hydrogen-bond donors (Lipinski definition) is 1. The number of anilines is 2. The van der Waals surface area contributed by atoms with E-state index in [1.165, 1.54) is 23.6 Å². The van der Waals surface area contributed by atoms with Crippen LogP contribution in [0.4, 0.5) is 15.8 Å². The molecule has 1 aromatic heterocycles. The van der Waals surface area contributed by atoms with E-state index in [1.54, 1.807) is 12.1 Å². The van der Waals surface area contributed by atoms with Gasteiger partial charge in [0.1, 0.15) is 0 Å². The van der Waals surface area contributed by atoms with Crippen molar-refractivity contribution in [2.24, 2.45) is 0 Å². The summed E-state index contributed by atoms with van der Waals surface area (Å²) in [6.45, 7) is 1.95. The van der Waals surface area contributed by atoms with Crippen molar-refractivity contribution in [1.82, 2.24) is 0 Å². The molecule has 0 atom stereocenters. The highest BCUT2D eigenvalue weighted by atomic mass is 32.1. The molecule has 0 unspecified atom stereocenters. The maximum absolute atomic E-state index is 13.7. The maximum Gasteiger partial charge on any atom is 0.224 e. The number of aryl methyl sites for hydroxylation is 1. The van der Waals surface area contributed by atoms with Crippen LogP contribution in [0.1, 0.15) is 22.4 Å². The van der Waals surface area contributed by atoms with Crippen molar-refractivity contribution < 1.29 is 13.9 Å². The van der Waals surface area contributed by atoms with E-state index in [-0.39, 0.29) is 11.7 Å². The summed E-state index contributed by atoms with van der Waals surface area (Å²) >= 11 is 1.84. The molecule has 150 valence electrons. The van der Waals surface area contributed by atoms with Gasteiger partial charge in [0, 0.05) is 35.8 Å². The van der Waals surface area contributed by atoms with Crippen molar-refractivity contribution in [2.45, 2.75) is 25.8 Å². The van der Waals surface area contributed by atoms with Gasteiger partial charge in [-0.05, 0) is 71.8 Å². The van der Waals surface area contributed by atoms with Crippen LogP contribution in [0, 0.1) is 5.82 Å². The summed E-state index contributed by atoms with van der Waals surface area (Å²) in [4.78, 5) is 16.1. The molecule has 0 fully saturated rings. The van der Waals surface area contributed by atoms with Gasteiger partial charge in [-0.2, -0.15) is 0 Å². The van der Waals surface area contributed by atoms with Gasteiger partial charge >= 0.3 is 0 Å². The van der Waals surface area contributed by atoms with Gasteiger partial charge in [0.25, 0.3) is 0 Å². The molecule has 4 nitrogen and oxygen atoms in total. The fraction of sp³-hybridized carbons (Fsp3) is 0.261. The summed E-state index contributed by atoms with van der Waals surface area (Å²) in [6, 6.07) is 14.9. The number of amides is 1. The fourth-order valence-electron chi connectivity index (χ4n) is 3.57. The Balaban J connectivity index is 1.30. The molecular weight excluding hydrogens is 387 g/mol. The summed E-state index contributed by atoms with van der Waals surface area (Å²) in [5.41, 5.74) is 4.11. The van der Waals surface area contributed by atoms with Crippen molar-refractivity contribution >= 4 is 28.6 Å². The first kappa shape index (κ1) is 19.5. The van der Waals surface area contributed by atoms with Crippen LogP contribution in [0.3, 0.4) is 0 Å². The first-order valence-electron chi connectivity index (χ1n) is 9.65. The third kappa shape index (κ3) is 4.59. The number of nitrogens with zero attached hydrogens (tertiary/aromatic N) is 1. The Bertz CT molecular complexity index is 1000. The first-order valence-corrected chi connectivity index (χ1v) is 10.5. The van der Waals surface area contributed by atoms with E-state index in [4.69, 9.17) is 4.74 Å². The Hall–Kier alpha value is -2.86. The molecule has 0 spiro atoms. The van der Waals surface area contributed by atoms with Crippen LogP contribution in [0.15, 0.2) is 53.9 Å². The molecule has 6 heteroatoms. The third-order valence-corrected chi connectivity index (χ3v) is 6.20. The number of hydrogen-bond acceptors (Lipinski definition) is 4. The summed E-state index contributed by atoms with van der Waals surface area (Å²) in [5.74, 6) is -0.287. The van der Waals surface area contributed by atoms with Gasteiger partial charge in [-0.3, -0.25) is 4.79 Å². The Labute approximate surface area is 173 Å².